The Kier molecular flexibility index (Phi) is 18.4. The Morgan fingerprint density at radius 1 is 1.03 bits per heavy atom. The van der Waals surface area contributed by atoms with Crippen molar-refractivity contribution in [3.05, 3.63) is 11.8 Å². The van der Waals surface area contributed by atoms with Crippen molar-refractivity contribution in [1.29, 1.82) is 5.26 Å². The minimum atomic E-state index is -2.06. The van der Waals surface area contributed by atoms with E-state index >= 15 is 0 Å². The molecule has 0 saturated carbocycles. The molecule has 3 aliphatic heterocycles. The first-order chi connectivity index (χ1) is 27.8. The summed E-state index contributed by atoms with van der Waals surface area (Å²) in [6.45, 7) is 18.2. The van der Waals surface area contributed by atoms with Gasteiger partial charge in [0.1, 0.15) is 36.1 Å². The van der Waals surface area contributed by atoms with Crippen molar-refractivity contribution < 1.29 is 68.3 Å². The van der Waals surface area contributed by atoms with Gasteiger partial charge >= 0.3 is 11.9 Å². The smallest absolute Gasteiger partial charge is 0.350 e. The zero-order valence-electron chi connectivity index (χ0n) is 37.8. The molecule has 18 nitrogen and oxygen atoms in total. The van der Waals surface area contributed by atoms with E-state index in [9.17, 15) is 40.4 Å². The number of hydrogen-bond donors (Lipinski definition) is 6. The van der Waals surface area contributed by atoms with Gasteiger partial charge in [0.25, 0.3) is 0 Å². The number of aliphatic hydroxyl groups excluding tert-OH is 3. The van der Waals surface area contributed by atoms with E-state index < -0.39 is 120 Å². The lowest BCUT2D eigenvalue weighted by Crippen LogP contribution is -2.61. The molecule has 0 aromatic heterocycles. The SMILES string of the molecule is CCOC(=O)/C(C#N)=C/N1C[C@H](C)C[C@@](C)(O)[C@H](O[C@@H]2O[C@H](C)C[C@@H](N(C)N)[C@H]2O)[C@@H](C)[C@H](O[C@@H]2C[C@](C)(OC)[C@H](O)[C@@H](C)O2)[C@@H](C)C(=O)O[C@H](CC)[C@@](C)(O)[C@H](O)[C@H]1C. The molecule has 0 bridgehead atoms. The average molecular weight is 859 g/mol. The van der Waals surface area contributed by atoms with E-state index in [-0.39, 0.29) is 38.0 Å². The number of carbonyl (C=O) groups is 2. The number of nitriles is 1. The largest absolute Gasteiger partial charge is 0.462 e. The van der Waals surface area contributed by atoms with Crippen LogP contribution in [0.25, 0.3) is 0 Å². The highest BCUT2D eigenvalue weighted by atomic mass is 16.7. The number of rotatable bonds is 10. The van der Waals surface area contributed by atoms with Crippen molar-refractivity contribution in [2.45, 2.75) is 192 Å². The summed E-state index contributed by atoms with van der Waals surface area (Å²) in [5.74, 6) is 1.93. The summed E-state index contributed by atoms with van der Waals surface area (Å²) in [4.78, 5) is 28.7. The fraction of sp³-hybridized carbons (Fsp3) is 0.881. The van der Waals surface area contributed by atoms with E-state index in [1.54, 1.807) is 62.4 Å². The Morgan fingerprint density at radius 3 is 2.22 bits per heavy atom. The summed E-state index contributed by atoms with van der Waals surface area (Å²) in [6.07, 6.45) is -9.24. The summed E-state index contributed by atoms with van der Waals surface area (Å²) in [7, 11) is 3.09. The van der Waals surface area contributed by atoms with Crippen LogP contribution in [0.5, 0.6) is 0 Å². The third-order valence-corrected chi connectivity index (χ3v) is 12.7. The highest BCUT2D eigenvalue weighted by Crippen LogP contribution is 2.40. The molecule has 0 radical (unpaired) electrons. The second-order valence-electron chi connectivity index (χ2n) is 18.0. The number of likely N-dealkylation sites (N-methyl/N-ethyl adjacent to an activating group) is 1. The van der Waals surface area contributed by atoms with Gasteiger partial charge in [-0.05, 0) is 80.6 Å². The molecule has 3 fully saturated rings. The highest BCUT2D eigenvalue weighted by molar-refractivity contribution is 5.92. The van der Waals surface area contributed by atoms with Crippen molar-refractivity contribution >= 4 is 11.9 Å². The zero-order chi connectivity index (χ0) is 45.7. The van der Waals surface area contributed by atoms with Gasteiger partial charge in [-0.2, -0.15) is 5.26 Å². The monoisotopic (exact) mass is 859 g/mol. The summed E-state index contributed by atoms with van der Waals surface area (Å²) in [5, 5.41) is 70.5. The Balaban J connectivity index is 2.27. The quantitative estimate of drug-likeness (QED) is 0.0598. The van der Waals surface area contributed by atoms with Crippen LogP contribution in [0.2, 0.25) is 0 Å². The predicted molar refractivity (Wildman–Crippen MR) is 217 cm³/mol. The molecule has 3 rings (SSSR count). The fourth-order valence-corrected chi connectivity index (χ4v) is 9.11. The number of aliphatic hydroxyl groups is 5. The fourth-order valence-electron chi connectivity index (χ4n) is 9.11. The molecule has 18 atom stereocenters. The Morgan fingerprint density at radius 2 is 1.67 bits per heavy atom. The highest BCUT2D eigenvalue weighted by Gasteiger charge is 2.53. The van der Waals surface area contributed by atoms with Crippen LogP contribution < -0.4 is 5.84 Å². The number of esters is 2. The van der Waals surface area contributed by atoms with E-state index in [0.29, 0.717) is 6.42 Å². The number of nitrogens with two attached hydrogens (primary N) is 1. The van der Waals surface area contributed by atoms with Crippen LogP contribution in [0.15, 0.2) is 11.8 Å². The number of hydrazine groups is 1. The van der Waals surface area contributed by atoms with Crippen LogP contribution in [0, 0.1) is 29.1 Å². The van der Waals surface area contributed by atoms with Crippen molar-refractivity contribution in [1.82, 2.24) is 9.91 Å². The second kappa shape index (κ2) is 21.2. The summed E-state index contributed by atoms with van der Waals surface area (Å²) in [5.41, 5.74) is -5.30. The molecule has 0 aliphatic carbocycles. The molecule has 0 spiro atoms. The summed E-state index contributed by atoms with van der Waals surface area (Å²) in [6, 6.07) is 0.298. The number of hydrogen-bond acceptors (Lipinski definition) is 18. The van der Waals surface area contributed by atoms with Crippen LogP contribution >= 0.6 is 0 Å². The first-order valence-corrected chi connectivity index (χ1v) is 21.2. The molecule has 3 saturated heterocycles. The molecular formula is C42H74N4O14. The van der Waals surface area contributed by atoms with Crippen LogP contribution in [0.4, 0.5) is 0 Å². The van der Waals surface area contributed by atoms with Gasteiger partial charge < -0.3 is 63.6 Å². The molecule has 0 aromatic rings. The van der Waals surface area contributed by atoms with Gasteiger partial charge in [0.15, 0.2) is 18.2 Å². The molecule has 0 unspecified atom stereocenters. The average Bonchev–Trinajstić information content (AvgIpc) is 3.17. The van der Waals surface area contributed by atoms with Crippen LogP contribution in [0.1, 0.15) is 102 Å². The van der Waals surface area contributed by atoms with Gasteiger partial charge in [-0.1, -0.05) is 20.8 Å². The number of nitrogens with zero attached hydrogens (tertiary/aromatic N) is 3. The van der Waals surface area contributed by atoms with Gasteiger partial charge in [-0.25, -0.2) is 9.80 Å². The number of ether oxygens (including phenoxy) is 7. The molecule has 346 valence electrons. The molecule has 60 heavy (non-hydrogen) atoms. The van der Waals surface area contributed by atoms with E-state index in [4.69, 9.17) is 39.0 Å². The maximum atomic E-state index is 14.4. The van der Waals surface area contributed by atoms with Crippen LogP contribution in [-0.2, 0) is 42.7 Å². The van der Waals surface area contributed by atoms with Gasteiger partial charge in [0.2, 0.25) is 0 Å². The van der Waals surface area contributed by atoms with E-state index in [2.05, 4.69) is 0 Å². The lowest BCUT2D eigenvalue weighted by Gasteiger charge is -2.48. The summed E-state index contributed by atoms with van der Waals surface area (Å²) < 4.78 is 42.6. The number of cyclic esters (lactones) is 1. The van der Waals surface area contributed by atoms with Gasteiger partial charge in [0, 0.05) is 39.2 Å². The first-order valence-electron chi connectivity index (χ1n) is 21.2. The number of carbonyl (C=O) groups excluding carboxylic acids is 2. The summed E-state index contributed by atoms with van der Waals surface area (Å²) >= 11 is 0. The minimum Gasteiger partial charge on any atom is -0.462 e. The van der Waals surface area contributed by atoms with Gasteiger partial charge in [-0.15, -0.1) is 0 Å². The number of methoxy groups -OCH3 is 1. The molecule has 7 N–H and O–H groups in total. The van der Waals surface area contributed by atoms with E-state index in [1.165, 1.54) is 30.1 Å². The zero-order valence-corrected chi connectivity index (χ0v) is 37.8. The lowest BCUT2D eigenvalue weighted by atomic mass is 9.77. The Bertz CT molecular complexity index is 1490. The van der Waals surface area contributed by atoms with Crippen molar-refractivity contribution in [2.24, 2.45) is 23.6 Å². The van der Waals surface area contributed by atoms with Crippen molar-refractivity contribution in [2.75, 3.05) is 27.3 Å². The minimum absolute atomic E-state index is 0.0102. The molecular weight excluding hydrogens is 784 g/mol. The third-order valence-electron chi connectivity index (χ3n) is 12.7. The molecule has 3 aliphatic rings. The van der Waals surface area contributed by atoms with Crippen molar-refractivity contribution in [3.8, 4) is 6.07 Å². The van der Waals surface area contributed by atoms with E-state index in [1.807, 2.05) is 19.9 Å². The lowest BCUT2D eigenvalue weighted by molar-refractivity contribution is -0.318. The Labute approximate surface area is 355 Å². The van der Waals surface area contributed by atoms with Gasteiger partial charge in [0.05, 0.1) is 60.2 Å². The van der Waals surface area contributed by atoms with Crippen molar-refractivity contribution in [3.63, 3.8) is 0 Å². The standard InChI is InChI=1S/C42H74N4O14/c1-14-30-42(11,53)34(48)26(7)46(21-28(19-43)38(51)55-15-2)20-22(3)17-40(9,52)36(60-39-32(47)29(45(12)44)16-23(4)56-39)24(5)33(25(6)37(50)58-30)59-31-18-41(10,54-13)35(49)27(8)57-31/h21-27,29-36,39,47-49,52-53H,14-18,20,44H2,1-13H3/b28-21+/t22-,23-,24+,25-,26-,27-,29-,30-,31-,32-,33+,34-,35-,36-,39+,40-,41+,42-/m1/s1. The molecule has 0 aromatic carbocycles. The topological polar surface area (TPSA) is 256 Å². The van der Waals surface area contributed by atoms with Gasteiger partial charge in [-0.3, -0.25) is 10.6 Å². The third kappa shape index (κ3) is 11.9. The molecule has 0 amide bonds. The van der Waals surface area contributed by atoms with Crippen LogP contribution in [-0.4, -0.2) is 165 Å². The maximum absolute atomic E-state index is 14.4. The molecule has 3 heterocycles. The molecule has 18 heteroatoms. The Hall–Kier alpha value is -2.51. The van der Waals surface area contributed by atoms with Crippen LogP contribution in [0.3, 0.4) is 0 Å². The normalized spacial score (nSPS) is 44.3. The maximum Gasteiger partial charge on any atom is 0.350 e. The second-order valence-corrected chi connectivity index (χ2v) is 18.0. The first kappa shape index (κ1) is 51.8. The van der Waals surface area contributed by atoms with E-state index in [0.717, 1.165) is 0 Å². The predicted octanol–water partition coefficient (Wildman–Crippen LogP) is 1.49.